The van der Waals surface area contributed by atoms with Crippen molar-refractivity contribution in [3.8, 4) is 5.75 Å². The fourth-order valence-electron chi connectivity index (χ4n) is 3.23. The second-order valence-electron chi connectivity index (χ2n) is 6.83. The number of rotatable bonds is 5. The number of nitrogens with zero attached hydrogens (tertiary/aromatic N) is 2. The van der Waals surface area contributed by atoms with Crippen LogP contribution in [0.1, 0.15) is 11.1 Å². The first-order valence-electron chi connectivity index (χ1n) is 9.02. The van der Waals surface area contributed by atoms with Crippen LogP contribution in [0.4, 0.5) is 11.4 Å². The number of anilines is 2. The smallest absolute Gasteiger partial charge is 0.228 e. The van der Waals surface area contributed by atoms with Crippen molar-refractivity contribution in [2.24, 2.45) is 0 Å². The van der Waals surface area contributed by atoms with E-state index in [1.54, 1.807) is 7.11 Å². The summed E-state index contributed by atoms with van der Waals surface area (Å²) in [6.07, 6.45) is 0.356. The first-order chi connectivity index (χ1) is 12.6. The lowest BCUT2D eigenvalue weighted by Crippen LogP contribution is -2.44. The topological polar surface area (TPSA) is 44.8 Å². The molecule has 0 unspecified atom stereocenters. The van der Waals surface area contributed by atoms with Crippen LogP contribution < -0.4 is 15.0 Å². The lowest BCUT2D eigenvalue weighted by Gasteiger charge is -2.34. The minimum atomic E-state index is -0.0341. The Morgan fingerprint density at radius 3 is 2.54 bits per heavy atom. The number of methoxy groups -OCH3 is 1. The molecule has 5 heteroatoms. The molecule has 0 aliphatic carbocycles. The second kappa shape index (κ2) is 8.23. The van der Waals surface area contributed by atoms with Crippen LogP contribution in [0, 0.1) is 6.92 Å². The number of ether oxygens (including phenoxy) is 1. The van der Waals surface area contributed by atoms with Crippen LogP contribution in [0.3, 0.4) is 0 Å². The highest BCUT2D eigenvalue weighted by molar-refractivity contribution is 5.94. The number of piperazine rings is 1. The molecule has 5 nitrogen and oxygen atoms in total. The Kier molecular flexibility index (Phi) is 5.78. The quantitative estimate of drug-likeness (QED) is 0.898. The van der Waals surface area contributed by atoms with E-state index < -0.39 is 0 Å². The maximum atomic E-state index is 12.5. The Hall–Kier alpha value is -2.53. The van der Waals surface area contributed by atoms with Gasteiger partial charge in [-0.3, -0.25) is 4.79 Å². The lowest BCUT2D eigenvalue weighted by atomic mass is 10.1. The molecular weight excluding hydrogens is 326 g/mol. The number of hydrogen-bond acceptors (Lipinski definition) is 4. The number of nitrogens with one attached hydrogen (secondary N) is 1. The van der Waals surface area contributed by atoms with E-state index in [9.17, 15) is 4.79 Å². The van der Waals surface area contributed by atoms with Gasteiger partial charge in [0.1, 0.15) is 5.75 Å². The summed E-state index contributed by atoms with van der Waals surface area (Å²) >= 11 is 0. The number of carbonyl (C=O) groups excluding carboxylic acids is 1. The molecule has 2 aromatic rings. The van der Waals surface area contributed by atoms with Crippen LogP contribution >= 0.6 is 0 Å². The third-order valence-electron chi connectivity index (χ3n) is 4.94. The molecule has 0 aromatic heterocycles. The van der Waals surface area contributed by atoms with Crippen LogP contribution in [-0.2, 0) is 11.2 Å². The summed E-state index contributed by atoms with van der Waals surface area (Å²) in [6.45, 7) is 6.08. The van der Waals surface area contributed by atoms with Gasteiger partial charge in [-0.05, 0) is 43.3 Å². The van der Waals surface area contributed by atoms with Gasteiger partial charge in [0.25, 0.3) is 0 Å². The molecule has 1 amide bonds. The zero-order valence-electron chi connectivity index (χ0n) is 15.8. The van der Waals surface area contributed by atoms with Gasteiger partial charge in [-0.2, -0.15) is 0 Å². The first kappa shape index (κ1) is 18.3. The number of carbonyl (C=O) groups is 1. The third kappa shape index (κ3) is 4.35. The summed E-state index contributed by atoms with van der Waals surface area (Å²) < 4.78 is 5.44. The predicted octanol–water partition coefficient (Wildman–Crippen LogP) is 2.94. The molecule has 26 heavy (non-hydrogen) atoms. The van der Waals surface area contributed by atoms with Gasteiger partial charge in [0.2, 0.25) is 5.91 Å². The molecule has 0 bridgehead atoms. The van der Waals surface area contributed by atoms with E-state index in [4.69, 9.17) is 4.74 Å². The fourth-order valence-corrected chi connectivity index (χ4v) is 3.23. The molecule has 1 heterocycles. The fraction of sp³-hybridized carbons (Fsp3) is 0.381. The summed E-state index contributed by atoms with van der Waals surface area (Å²) in [6, 6.07) is 14.0. The van der Waals surface area contributed by atoms with E-state index in [0.29, 0.717) is 12.2 Å². The number of hydrogen-bond donors (Lipinski definition) is 1. The van der Waals surface area contributed by atoms with E-state index in [2.05, 4.69) is 28.2 Å². The molecule has 0 radical (unpaired) electrons. The van der Waals surface area contributed by atoms with Crippen LogP contribution in [-0.4, -0.2) is 51.1 Å². The van der Waals surface area contributed by atoms with Gasteiger partial charge in [-0.15, -0.1) is 0 Å². The maximum absolute atomic E-state index is 12.5. The molecule has 1 fully saturated rings. The summed E-state index contributed by atoms with van der Waals surface area (Å²) in [5.41, 5.74) is 4.01. The molecule has 1 aliphatic rings. The monoisotopic (exact) mass is 353 g/mol. The zero-order valence-corrected chi connectivity index (χ0v) is 15.8. The number of amides is 1. The van der Waals surface area contributed by atoms with Gasteiger partial charge in [-0.1, -0.05) is 24.3 Å². The molecule has 0 saturated carbocycles. The van der Waals surface area contributed by atoms with Gasteiger partial charge in [0.15, 0.2) is 0 Å². The highest BCUT2D eigenvalue weighted by Crippen LogP contribution is 2.30. The van der Waals surface area contributed by atoms with Crippen molar-refractivity contribution in [3.63, 3.8) is 0 Å². The Morgan fingerprint density at radius 2 is 1.85 bits per heavy atom. The third-order valence-corrected chi connectivity index (χ3v) is 4.94. The number of benzene rings is 2. The molecule has 1 N–H and O–H groups in total. The van der Waals surface area contributed by atoms with Crippen molar-refractivity contribution >= 4 is 17.3 Å². The van der Waals surface area contributed by atoms with Gasteiger partial charge in [-0.25, -0.2) is 0 Å². The normalized spacial score (nSPS) is 15.0. The van der Waals surface area contributed by atoms with Crippen LogP contribution in [0.2, 0.25) is 0 Å². The highest BCUT2D eigenvalue weighted by Gasteiger charge is 2.17. The summed E-state index contributed by atoms with van der Waals surface area (Å²) in [5, 5.41) is 3.02. The largest absolute Gasteiger partial charge is 0.495 e. The molecule has 3 rings (SSSR count). The average molecular weight is 353 g/mol. The van der Waals surface area contributed by atoms with Crippen molar-refractivity contribution in [1.82, 2.24) is 4.90 Å². The van der Waals surface area contributed by atoms with Gasteiger partial charge in [0.05, 0.1) is 19.2 Å². The van der Waals surface area contributed by atoms with Crippen molar-refractivity contribution in [3.05, 3.63) is 53.6 Å². The van der Waals surface area contributed by atoms with Crippen LogP contribution in [0.25, 0.3) is 0 Å². The van der Waals surface area contributed by atoms with E-state index >= 15 is 0 Å². The average Bonchev–Trinajstić information content (AvgIpc) is 2.64. The summed E-state index contributed by atoms with van der Waals surface area (Å²) in [5.74, 6) is 0.647. The summed E-state index contributed by atoms with van der Waals surface area (Å²) in [7, 11) is 3.77. The Morgan fingerprint density at radius 1 is 1.12 bits per heavy atom. The molecule has 1 saturated heterocycles. The SMILES string of the molecule is COc1ccc(N2CCN(C)CC2)cc1NC(=O)Cc1ccccc1C. The van der Waals surface area contributed by atoms with Gasteiger partial charge >= 0.3 is 0 Å². The number of likely N-dealkylation sites (N-methyl/N-ethyl adjacent to an activating group) is 1. The van der Waals surface area contributed by atoms with Crippen LogP contribution in [0.15, 0.2) is 42.5 Å². The van der Waals surface area contributed by atoms with Gasteiger partial charge < -0.3 is 19.9 Å². The molecule has 138 valence electrons. The van der Waals surface area contributed by atoms with Crippen molar-refractivity contribution in [2.75, 3.05) is 50.6 Å². The molecule has 1 aliphatic heterocycles. The minimum Gasteiger partial charge on any atom is -0.495 e. The Bertz CT molecular complexity index is 768. The van der Waals surface area contributed by atoms with Crippen molar-refractivity contribution in [2.45, 2.75) is 13.3 Å². The summed E-state index contributed by atoms with van der Waals surface area (Å²) in [4.78, 5) is 17.2. The first-order valence-corrected chi connectivity index (χ1v) is 9.02. The Labute approximate surface area is 155 Å². The Balaban J connectivity index is 1.74. The van der Waals surface area contributed by atoms with Gasteiger partial charge in [0, 0.05) is 31.9 Å². The maximum Gasteiger partial charge on any atom is 0.228 e. The van der Waals surface area contributed by atoms with Crippen molar-refractivity contribution in [1.29, 1.82) is 0 Å². The van der Waals surface area contributed by atoms with E-state index in [-0.39, 0.29) is 5.91 Å². The van der Waals surface area contributed by atoms with Crippen molar-refractivity contribution < 1.29 is 9.53 Å². The molecular formula is C21H27N3O2. The van der Waals surface area contributed by atoms with E-state index in [0.717, 1.165) is 48.7 Å². The molecule has 2 aromatic carbocycles. The predicted molar refractivity (Wildman–Crippen MR) is 106 cm³/mol. The minimum absolute atomic E-state index is 0.0341. The van der Waals surface area contributed by atoms with Crippen LogP contribution in [0.5, 0.6) is 5.75 Å². The molecule has 0 spiro atoms. The lowest BCUT2D eigenvalue weighted by molar-refractivity contribution is -0.115. The second-order valence-corrected chi connectivity index (χ2v) is 6.83. The number of aryl methyl sites for hydroxylation is 1. The molecule has 0 atom stereocenters. The van der Waals surface area contributed by atoms with E-state index in [1.807, 2.05) is 43.3 Å². The zero-order chi connectivity index (χ0) is 18.5. The standard InChI is InChI=1S/C21H27N3O2/c1-16-6-4-5-7-17(16)14-21(25)22-19-15-18(8-9-20(19)26-3)24-12-10-23(2)11-13-24/h4-9,15H,10-14H2,1-3H3,(H,22,25). The highest BCUT2D eigenvalue weighted by atomic mass is 16.5. The van der Waals surface area contributed by atoms with E-state index in [1.165, 1.54) is 0 Å².